The Hall–Kier alpha value is -3.87. The number of alkyl halides is 6. The molecule has 1 saturated heterocycles. The number of nitrogens with one attached hydrogen (secondary N) is 1. The largest absolute Gasteiger partial charge is 0.443 e. The summed E-state index contributed by atoms with van der Waals surface area (Å²) in [4.78, 5) is 41.2. The van der Waals surface area contributed by atoms with Crippen molar-refractivity contribution in [2.75, 3.05) is 13.1 Å². The van der Waals surface area contributed by atoms with E-state index in [0.29, 0.717) is 62.3 Å². The molecule has 0 atom stereocenters. The molecule has 2 fully saturated rings. The summed E-state index contributed by atoms with van der Waals surface area (Å²) in [7, 11) is 0. The lowest BCUT2D eigenvalue weighted by atomic mass is 9.73. The Morgan fingerprint density at radius 1 is 0.896 bits per heavy atom. The van der Waals surface area contributed by atoms with Crippen molar-refractivity contribution in [2.45, 2.75) is 85.0 Å². The number of esters is 1. The van der Waals surface area contributed by atoms with Gasteiger partial charge in [0, 0.05) is 24.7 Å². The molecule has 260 valence electrons. The zero-order valence-corrected chi connectivity index (χ0v) is 27.1. The number of likely N-dealkylation sites (tertiary alicyclic amines) is 1. The Balaban J connectivity index is 1.26. The Kier molecular flexibility index (Phi) is 9.75. The molecule has 0 radical (unpaired) electrons. The van der Waals surface area contributed by atoms with Gasteiger partial charge in [-0.3, -0.25) is 23.9 Å². The first-order chi connectivity index (χ1) is 22.3. The number of amides is 1. The number of hydrogen-bond donors (Lipinski definition) is 1. The van der Waals surface area contributed by atoms with E-state index >= 15 is 0 Å². The van der Waals surface area contributed by atoms with Crippen molar-refractivity contribution in [1.29, 1.82) is 0 Å². The summed E-state index contributed by atoms with van der Waals surface area (Å²) in [6, 6.07) is 8.72. The number of aromatic nitrogens is 1. The summed E-state index contributed by atoms with van der Waals surface area (Å²) in [5.74, 6) is -0.428. The second-order valence-corrected chi connectivity index (χ2v) is 14.1. The van der Waals surface area contributed by atoms with Gasteiger partial charge in [-0.1, -0.05) is 25.0 Å². The Bertz CT molecular complexity index is 1700. The van der Waals surface area contributed by atoms with Gasteiger partial charge in [0.15, 0.2) is 6.73 Å². The normalized spacial score (nSPS) is 17.4. The summed E-state index contributed by atoms with van der Waals surface area (Å²) in [6.07, 6.45) is -4.84. The molecule has 1 aliphatic heterocycles. The molecule has 1 aromatic heterocycles. The molecule has 48 heavy (non-hydrogen) atoms. The highest BCUT2D eigenvalue weighted by atomic mass is 19.4. The van der Waals surface area contributed by atoms with Crippen LogP contribution in [0.3, 0.4) is 0 Å². The van der Waals surface area contributed by atoms with Crippen molar-refractivity contribution in [3.8, 4) is 0 Å². The fourth-order valence-corrected chi connectivity index (χ4v) is 6.16. The van der Waals surface area contributed by atoms with Crippen molar-refractivity contribution < 1.29 is 40.7 Å². The van der Waals surface area contributed by atoms with Crippen molar-refractivity contribution in [3.05, 3.63) is 81.3 Å². The van der Waals surface area contributed by atoms with Gasteiger partial charge in [-0.15, -0.1) is 0 Å². The van der Waals surface area contributed by atoms with Crippen molar-refractivity contribution >= 4 is 22.6 Å². The highest BCUT2D eigenvalue weighted by Crippen LogP contribution is 2.46. The second-order valence-electron chi connectivity index (χ2n) is 14.1. The van der Waals surface area contributed by atoms with E-state index in [1.165, 1.54) is 4.57 Å². The van der Waals surface area contributed by atoms with Crippen LogP contribution in [0.2, 0.25) is 0 Å². The van der Waals surface area contributed by atoms with Gasteiger partial charge >= 0.3 is 18.3 Å². The van der Waals surface area contributed by atoms with E-state index in [0.717, 1.165) is 23.8 Å². The number of carbonyl (C=O) groups excluding carboxylic acids is 2. The molecule has 2 aliphatic rings. The van der Waals surface area contributed by atoms with Crippen molar-refractivity contribution in [1.82, 2.24) is 14.8 Å². The van der Waals surface area contributed by atoms with Crippen LogP contribution in [-0.2, 0) is 46.5 Å². The molecule has 0 bridgehead atoms. The van der Waals surface area contributed by atoms with Gasteiger partial charge in [0.2, 0.25) is 5.91 Å². The zero-order valence-electron chi connectivity index (χ0n) is 27.1. The molecule has 2 heterocycles. The molecule has 5 rings (SSSR count). The number of benzene rings is 2. The summed E-state index contributed by atoms with van der Waals surface area (Å²) in [5, 5.41) is 3.88. The van der Waals surface area contributed by atoms with E-state index in [1.54, 1.807) is 33.0 Å². The molecule has 0 spiro atoms. The molecule has 1 N–H and O–H groups in total. The number of rotatable bonds is 9. The first-order valence-electron chi connectivity index (χ1n) is 15.9. The minimum atomic E-state index is -4.97. The maximum absolute atomic E-state index is 13.6. The van der Waals surface area contributed by atoms with Gasteiger partial charge in [0.25, 0.3) is 5.56 Å². The minimum Gasteiger partial charge on any atom is -0.443 e. The van der Waals surface area contributed by atoms with Crippen LogP contribution in [0.1, 0.15) is 75.1 Å². The smallest absolute Gasteiger partial charge is 0.416 e. The molecule has 1 saturated carbocycles. The number of carbonyl (C=O) groups is 2. The Labute approximate surface area is 274 Å². The maximum Gasteiger partial charge on any atom is 0.416 e. The van der Waals surface area contributed by atoms with Crippen molar-refractivity contribution in [2.24, 2.45) is 16.7 Å². The summed E-state index contributed by atoms with van der Waals surface area (Å²) >= 11 is 0. The van der Waals surface area contributed by atoms with E-state index in [2.05, 4.69) is 10.2 Å². The highest BCUT2D eigenvalue weighted by Gasteiger charge is 2.45. The van der Waals surface area contributed by atoms with Gasteiger partial charge in [0.05, 0.1) is 22.0 Å². The van der Waals surface area contributed by atoms with E-state index in [-0.39, 0.29) is 29.8 Å². The van der Waals surface area contributed by atoms with Crippen LogP contribution in [0.25, 0.3) is 10.8 Å². The first-order valence-corrected chi connectivity index (χ1v) is 15.9. The lowest BCUT2D eigenvalue weighted by molar-refractivity contribution is -0.157. The fourth-order valence-electron chi connectivity index (χ4n) is 6.16. The van der Waals surface area contributed by atoms with Crippen LogP contribution < -0.4 is 10.9 Å². The fraction of sp³-hybridized carbons (Fsp3) is 0.514. The lowest BCUT2D eigenvalue weighted by Crippen LogP contribution is -2.48. The topological polar surface area (TPSA) is 80.6 Å². The molecular weight excluding hydrogens is 640 g/mol. The predicted molar refractivity (Wildman–Crippen MR) is 166 cm³/mol. The first kappa shape index (κ1) is 35.4. The molecular formula is C35H39F6N3O4. The zero-order chi connectivity index (χ0) is 35.1. The van der Waals surface area contributed by atoms with Gasteiger partial charge in [-0.25, -0.2) is 0 Å². The van der Waals surface area contributed by atoms with Crippen LogP contribution in [-0.4, -0.2) is 34.4 Å². The van der Waals surface area contributed by atoms with E-state index in [1.807, 2.05) is 18.2 Å². The molecule has 0 unspecified atom stereocenters. The number of hydrogen-bond acceptors (Lipinski definition) is 5. The van der Waals surface area contributed by atoms with Crippen molar-refractivity contribution in [3.63, 3.8) is 0 Å². The third-order valence-electron chi connectivity index (χ3n) is 9.17. The van der Waals surface area contributed by atoms with E-state index in [4.69, 9.17) is 4.74 Å². The quantitative estimate of drug-likeness (QED) is 0.190. The average Bonchev–Trinajstić information content (AvgIpc) is 3.83. The monoisotopic (exact) mass is 679 g/mol. The maximum atomic E-state index is 13.6. The van der Waals surface area contributed by atoms with Gasteiger partial charge in [-0.05, 0) is 106 Å². The minimum absolute atomic E-state index is 0.0749. The van der Waals surface area contributed by atoms with E-state index in [9.17, 15) is 40.7 Å². The number of fused-ring (bicyclic) bond motifs is 1. The molecule has 3 aromatic rings. The molecule has 2 aromatic carbocycles. The number of ether oxygens (including phenoxy) is 1. The third-order valence-corrected chi connectivity index (χ3v) is 9.17. The average molecular weight is 680 g/mol. The van der Waals surface area contributed by atoms with Crippen LogP contribution in [0.5, 0.6) is 0 Å². The molecule has 1 amide bonds. The Morgan fingerprint density at radius 2 is 1.52 bits per heavy atom. The van der Waals surface area contributed by atoms with Gasteiger partial charge in [0.1, 0.15) is 0 Å². The second kappa shape index (κ2) is 13.2. The van der Waals surface area contributed by atoms with Crippen LogP contribution >= 0.6 is 0 Å². The number of pyridine rings is 1. The number of nitrogens with zero attached hydrogens (tertiary/aromatic N) is 2. The van der Waals surface area contributed by atoms with Crippen LogP contribution in [0.4, 0.5) is 26.3 Å². The predicted octanol–water partition coefficient (Wildman–Crippen LogP) is 7.28. The molecule has 1 aliphatic carbocycles. The lowest BCUT2D eigenvalue weighted by Gasteiger charge is -2.41. The van der Waals surface area contributed by atoms with Crippen LogP contribution in [0, 0.1) is 16.7 Å². The molecule has 7 nitrogen and oxygen atoms in total. The van der Waals surface area contributed by atoms with Gasteiger partial charge < -0.3 is 10.1 Å². The van der Waals surface area contributed by atoms with Gasteiger partial charge in [-0.2, -0.15) is 26.3 Å². The molecule has 13 heteroatoms. The number of piperidine rings is 1. The SMILES string of the molecule is CC(C)(C)C(=O)OCn1ccc2ccc(CN3CCC(CC4CC4)(C(=O)NCc4cc(C(F)(F)F)cc(C(F)(F)F)c4)CC3)cc2c1=O. The number of halogens is 6. The summed E-state index contributed by atoms with van der Waals surface area (Å²) in [5.41, 5.74) is -4.01. The standard InChI is InChI=1S/C35H39F6N3O4/c1-32(2,3)31(47)48-21-44-11-8-25-7-6-23(16-28(25)29(44)45)20-43-12-9-33(10-13-43,18-22-4-5-22)30(46)42-19-24-14-26(34(36,37)38)17-27(15-24)35(39,40)41/h6-8,11,14-17,22H,4-5,9-10,12-13,18-21H2,1-3H3,(H,42,46). The van der Waals surface area contributed by atoms with E-state index < -0.39 is 46.8 Å². The Morgan fingerprint density at radius 3 is 2.08 bits per heavy atom. The third kappa shape index (κ3) is 8.40. The summed E-state index contributed by atoms with van der Waals surface area (Å²) < 4.78 is 86.7. The van der Waals surface area contributed by atoms with Crippen LogP contribution in [0.15, 0.2) is 53.5 Å². The summed E-state index contributed by atoms with van der Waals surface area (Å²) in [6.45, 7) is 6.12. The highest BCUT2D eigenvalue weighted by molar-refractivity contribution is 5.83.